The van der Waals surface area contributed by atoms with Crippen molar-refractivity contribution in [2.75, 3.05) is 14.2 Å². The number of benzene rings is 3. The minimum atomic E-state index is -0.475. The molecule has 0 unspecified atom stereocenters. The first kappa shape index (κ1) is 22.3. The first-order chi connectivity index (χ1) is 15.6. The maximum atomic E-state index is 12.3. The molecular weight excluding hydrogens is 408 g/mol. The fourth-order valence-electron chi connectivity index (χ4n) is 2.71. The fraction of sp³-hybridized carbons (Fsp3) is 0.0800. The van der Waals surface area contributed by atoms with Crippen LogP contribution in [0.2, 0.25) is 0 Å². The van der Waals surface area contributed by atoms with Gasteiger partial charge in [0, 0.05) is 11.6 Å². The number of rotatable bonds is 8. The molecule has 0 fully saturated rings. The van der Waals surface area contributed by atoms with E-state index >= 15 is 0 Å². The van der Waals surface area contributed by atoms with Crippen LogP contribution in [0.4, 0.5) is 0 Å². The third kappa shape index (κ3) is 6.30. The Morgan fingerprint density at radius 2 is 1.56 bits per heavy atom. The van der Waals surface area contributed by atoms with E-state index in [1.165, 1.54) is 26.5 Å². The predicted molar refractivity (Wildman–Crippen MR) is 122 cm³/mol. The van der Waals surface area contributed by atoms with Crippen LogP contribution in [0.25, 0.3) is 6.08 Å². The lowest BCUT2D eigenvalue weighted by molar-refractivity contribution is -0.128. The number of nitrogens with zero attached hydrogens (tertiary/aromatic N) is 1. The minimum Gasteiger partial charge on any atom is -0.493 e. The molecule has 0 bridgehead atoms. The maximum absolute atomic E-state index is 12.3. The van der Waals surface area contributed by atoms with Gasteiger partial charge in [-0.05, 0) is 59.7 Å². The summed E-state index contributed by atoms with van der Waals surface area (Å²) in [7, 11) is 3.02. The Morgan fingerprint density at radius 1 is 0.844 bits per heavy atom. The molecule has 0 aromatic heterocycles. The van der Waals surface area contributed by atoms with Crippen molar-refractivity contribution in [1.82, 2.24) is 5.43 Å². The molecule has 0 radical (unpaired) electrons. The lowest BCUT2D eigenvalue weighted by Gasteiger charge is -2.08. The third-order valence-corrected chi connectivity index (χ3v) is 4.34. The number of nitrogens with one attached hydrogen (secondary N) is 1. The molecular formula is C25H22N2O5. The Morgan fingerprint density at radius 3 is 2.25 bits per heavy atom. The average Bonchev–Trinajstić information content (AvgIpc) is 2.84. The molecule has 3 aromatic rings. The number of methoxy groups -OCH3 is 2. The molecule has 3 aromatic carbocycles. The minimum absolute atomic E-state index is 0.380. The smallest absolute Gasteiger partial charge is 0.336 e. The molecule has 3 rings (SSSR count). The summed E-state index contributed by atoms with van der Waals surface area (Å²) in [5.74, 6) is 0.520. The van der Waals surface area contributed by atoms with Gasteiger partial charge in [-0.3, -0.25) is 4.79 Å². The van der Waals surface area contributed by atoms with E-state index in [2.05, 4.69) is 10.5 Å². The van der Waals surface area contributed by atoms with Crippen LogP contribution in [0.15, 0.2) is 84.0 Å². The number of hydrogen-bond donors (Lipinski definition) is 1. The summed E-state index contributed by atoms with van der Waals surface area (Å²) >= 11 is 0. The highest BCUT2D eigenvalue weighted by atomic mass is 16.5. The van der Waals surface area contributed by atoms with Crippen LogP contribution in [0, 0.1) is 0 Å². The normalized spacial score (nSPS) is 10.8. The molecule has 1 amide bonds. The van der Waals surface area contributed by atoms with Crippen molar-refractivity contribution in [3.8, 4) is 17.2 Å². The standard InChI is InChI=1S/C25H22N2O5/c1-30-22-14-11-20(16-23(22)31-2)25(29)27-26-17-19-8-12-21(13-9-19)32-24(28)15-10-18-6-4-3-5-7-18/h3-17H,1-2H3,(H,27,29). The van der Waals surface area contributed by atoms with Crippen LogP contribution >= 0.6 is 0 Å². The van der Waals surface area contributed by atoms with Crippen LogP contribution < -0.4 is 19.6 Å². The van der Waals surface area contributed by atoms with E-state index in [9.17, 15) is 9.59 Å². The van der Waals surface area contributed by atoms with Gasteiger partial charge in [0.1, 0.15) is 5.75 Å². The second-order valence-corrected chi connectivity index (χ2v) is 6.50. The lowest BCUT2D eigenvalue weighted by atomic mass is 10.2. The van der Waals surface area contributed by atoms with Gasteiger partial charge in [-0.25, -0.2) is 10.2 Å². The second kappa shape index (κ2) is 11.1. The molecule has 0 aliphatic rings. The zero-order valence-corrected chi connectivity index (χ0v) is 17.6. The van der Waals surface area contributed by atoms with E-state index in [1.54, 1.807) is 48.5 Å². The average molecular weight is 430 g/mol. The summed E-state index contributed by atoms with van der Waals surface area (Å²) in [6.07, 6.45) is 4.54. The molecule has 0 aliphatic heterocycles. The molecule has 0 spiro atoms. The molecule has 0 aliphatic carbocycles. The van der Waals surface area contributed by atoms with Crippen molar-refractivity contribution >= 4 is 24.2 Å². The maximum Gasteiger partial charge on any atom is 0.336 e. The van der Waals surface area contributed by atoms with Crippen molar-refractivity contribution in [3.05, 3.63) is 95.6 Å². The number of hydrazone groups is 1. The van der Waals surface area contributed by atoms with Gasteiger partial charge < -0.3 is 14.2 Å². The van der Waals surface area contributed by atoms with E-state index in [0.29, 0.717) is 22.8 Å². The van der Waals surface area contributed by atoms with E-state index in [0.717, 1.165) is 11.1 Å². The van der Waals surface area contributed by atoms with Gasteiger partial charge >= 0.3 is 5.97 Å². The van der Waals surface area contributed by atoms with E-state index in [4.69, 9.17) is 14.2 Å². The summed E-state index contributed by atoms with van der Waals surface area (Å²) in [6, 6.07) is 21.0. The largest absolute Gasteiger partial charge is 0.493 e. The number of amides is 1. The fourth-order valence-corrected chi connectivity index (χ4v) is 2.71. The van der Waals surface area contributed by atoms with Gasteiger partial charge in [-0.1, -0.05) is 30.3 Å². The van der Waals surface area contributed by atoms with E-state index in [1.807, 2.05) is 30.3 Å². The Balaban J connectivity index is 1.53. The number of esters is 1. The first-order valence-electron chi connectivity index (χ1n) is 9.69. The first-order valence-corrected chi connectivity index (χ1v) is 9.69. The SMILES string of the molecule is COc1ccc(C(=O)NN=Cc2ccc(OC(=O)C=Cc3ccccc3)cc2)cc1OC. The van der Waals surface area contributed by atoms with Crippen molar-refractivity contribution in [2.45, 2.75) is 0 Å². The molecule has 0 saturated carbocycles. The van der Waals surface area contributed by atoms with Crippen LogP contribution in [-0.4, -0.2) is 32.3 Å². The van der Waals surface area contributed by atoms with Gasteiger partial charge in [0.2, 0.25) is 0 Å². The molecule has 1 N–H and O–H groups in total. The zero-order chi connectivity index (χ0) is 22.8. The van der Waals surface area contributed by atoms with Crippen molar-refractivity contribution in [3.63, 3.8) is 0 Å². The Bertz CT molecular complexity index is 1120. The lowest BCUT2D eigenvalue weighted by Crippen LogP contribution is -2.17. The van der Waals surface area contributed by atoms with Crippen LogP contribution in [0.3, 0.4) is 0 Å². The van der Waals surface area contributed by atoms with Crippen molar-refractivity contribution < 1.29 is 23.8 Å². The van der Waals surface area contributed by atoms with Gasteiger partial charge in [-0.2, -0.15) is 5.10 Å². The number of hydrogen-bond acceptors (Lipinski definition) is 6. The van der Waals surface area contributed by atoms with Crippen LogP contribution in [-0.2, 0) is 4.79 Å². The summed E-state index contributed by atoms with van der Waals surface area (Å²) < 4.78 is 15.6. The van der Waals surface area contributed by atoms with Crippen LogP contribution in [0.1, 0.15) is 21.5 Å². The van der Waals surface area contributed by atoms with Gasteiger partial charge in [0.05, 0.1) is 20.4 Å². The highest BCUT2D eigenvalue weighted by Gasteiger charge is 2.10. The molecule has 32 heavy (non-hydrogen) atoms. The second-order valence-electron chi connectivity index (χ2n) is 6.50. The quantitative estimate of drug-likeness (QED) is 0.191. The monoisotopic (exact) mass is 430 g/mol. The summed E-state index contributed by atoms with van der Waals surface area (Å²) in [4.78, 5) is 24.2. The number of ether oxygens (including phenoxy) is 3. The molecule has 0 heterocycles. The van der Waals surface area contributed by atoms with E-state index in [-0.39, 0.29) is 0 Å². The van der Waals surface area contributed by atoms with Gasteiger partial charge in [0.15, 0.2) is 11.5 Å². The van der Waals surface area contributed by atoms with Gasteiger partial charge in [0.25, 0.3) is 5.91 Å². The topological polar surface area (TPSA) is 86.2 Å². The molecule has 7 nitrogen and oxygen atoms in total. The van der Waals surface area contributed by atoms with Crippen molar-refractivity contribution in [2.24, 2.45) is 5.10 Å². The predicted octanol–water partition coefficient (Wildman–Crippen LogP) is 4.09. The van der Waals surface area contributed by atoms with E-state index < -0.39 is 11.9 Å². The van der Waals surface area contributed by atoms with Crippen LogP contribution in [0.5, 0.6) is 17.2 Å². The van der Waals surface area contributed by atoms with Crippen molar-refractivity contribution in [1.29, 1.82) is 0 Å². The zero-order valence-electron chi connectivity index (χ0n) is 17.6. The molecule has 0 atom stereocenters. The summed E-state index contributed by atoms with van der Waals surface area (Å²) in [6.45, 7) is 0. The Labute approximate surface area is 185 Å². The number of carbonyl (C=O) groups is 2. The summed E-state index contributed by atoms with van der Waals surface area (Å²) in [5.41, 5.74) is 4.46. The Kier molecular flexibility index (Phi) is 7.75. The summed E-state index contributed by atoms with van der Waals surface area (Å²) in [5, 5.41) is 3.95. The molecule has 7 heteroatoms. The third-order valence-electron chi connectivity index (χ3n) is 4.34. The van der Waals surface area contributed by atoms with Gasteiger partial charge in [-0.15, -0.1) is 0 Å². The molecule has 162 valence electrons. The highest BCUT2D eigenvalue weighted by Crippen LogP contribution is 2.27. The molecule has 0 saturated heterocycles. The number of carbonyl (C=O) groups excluding carboxylic acids is 2. The highest BCUT2D eigenvalue weighted by molar-refractivity contribution is 5.95. The Hall–Kier alpha value is -4.39.